The average Bonchev–Trinajstić information content (AvgIpc) is 3.67. The van der Waals surface area contributed by atoms with Gasteiger partial charge in [0.25, 0.3) is 0 Å². The SMILES string of the molecule is CC(C)(C)c1ccnc(-n2c3ccccc3c3ccc(Oc4cccc(N5CN(c6cccc7ccccc67)c6cnccc65)c4)cc32)c1. The average molecular weight is 638 g/mol. The molecule has 0 aliphatic carbocycles. The number of fused-ring (bicyclic) bond motifs is 5. The summed E-state index contributed by atoms with van der Waals surface area (Å²) < 4.78 is 8.87. The molecule has 0 unspecified atom stereocenters. The summed E-state index contributed by atoms with van der Waals surface area (Å²) in [6.45, 7) is 7.36. The number of nitrogens with zero attached hydrogens (tertiary/aromatic N) is 5. The molecule has 0 saturated carbocycles. The van der Waals surface area contributed by atoms with E-state index in [0.29, 0.717) is 6.67 Å². The van der Waals surface area contributed by atoms with Crippen LogP contribution >= 0.6 is 0 Å². The van der Waals surface area contributed by atoms with Crippen LogP contribution in [0.2, 0.25) is 0 Å². The van der Waals surface area contributed by atoms with Crippen molar-refractivity contribution in [2.75, 3.05) is 16.5 Å². The molecule has 8 aromatic rings. The molecule has 3 aromatic heterocycles. The van der Waals surface area contributed by atoms with Gasteiger partial charge in [0.2, 0.25) is 0 Å². The van der Waals surface area contributed by atoms with E-state index in [1.165, 1.54) is 21.7 Å². The highest BCUT2D eigenvalue weighted by Gasteiger charge is 2.29. The number of rotatable bonds is 5. The third-order valence-electron chi connectivity index (χ3n) is 9.55. The van der Waals surface area contributed by atoms with Crippen molar-refractivity contribution in [2.45, 2.75) is 26.2 Å². The third-order valence-corrected chi connectivity index (χ3v) is 9.55. The standard InChI is InChI=1S/C43H35N5O/c1-43(2,3)30-20-23-45-42(24-30)48-38-16-7-6-15-35(38)36-19-18-33(26-40(36)48)49-32-13-9-12-31(25-32)46-28-47(41-27-44-22-21-39(41)46)37-17-8-11-29-10-4-5-14-34(29)37/h4-27H,28H2,1-3H3. The van der Waals surface area contributed by atoms with Crippen molar-refractivity contribution in [1.29, 1.82) is 0 Å². The molecule has 0 radical (unpaired) electrons. The molecule has 1 aliphatic heterocycles. The first-order chi connectivity index (χ1) is 23.9. The molecular weight excluding hydrogens is 603 g/mol. The zero-order chi connectivity index (χ0) is 33.1. The van der Waals surface area contributed by atoms with E-state index in [1.54, 1.807) is 0 Å². The summed E-state index contributed by atoms with van der Waals surface area (Å²) in [5, 5.41) is 4.78. The molecule has 49 heavy (non-hydrogen) atoms. The second kappa shape index (κ2) is 11.2. The number of pyridine rings is 2. The summed E-state index contributed by atoms with van der Waals surface area (Å²) in [5.74, 6) is 2.44. The number of hydrogen-bond acceptors (Lipinski definition) is 5. The van der Waals surface area contributed by atoms with E-state index >= 15 is 0 Å². The Bertz CT molecular complexity index is 2520. The highest BCUT2D eigenvalue weighted by molar-refractivity contribution is 6.09. The van der Waals surface area contributed by atoms with Crippen LogP contribution in [0.5, 0.6) is 11.5 Å². The Morgan fingerprint density at radius 1 is 0.592 bits per heavy atom. The van der Waals surface area contributed by atoms with Crippen LogP contribution in [0.15, 0.2) is 146 Å². The van der Waals surface area contributed by atoms with E-state index in [9.17, 15) is 0 Å². The molecule has 238 valence electrons. The number of hydrogen-bond donors (Lipinski definition) is 0. The smallest absolute Gasteiger partial charge is 0.137 e. The lowest BCUT2D eigenvalue weighted by Crippen LogP contribution is -2.24. The van der Waals surface area contributed by atoms with Crippen molar-refractivity contribution in [2.24, 2.45) is 0 Å². The van der Waals surface area contributed by atoms with Gasteiger partial charge in [-0.05, 0) is 71.0 Å². The maximum atomic E-state index is 6.62. The van der Waals surface area contributed by atoms with Gasteiger partial charge < -0.3 is 14.5 Å². The van der Waals surface area contributed by atoms with Gasteiger partial charge in [-0.15, -0.1) is 0 Å². The van der Waals surface area contributed by atoms with Gasteiger partial charge in [-0.3, -0.25) is 9.55 Å². The maximum absolute atomic E-state index is 6.62. The molecule has 0 bridgehead atoms. The first kappa shape index (κ1) is 29.0. The molecule has 4 heterocycles. The van der Waals surface area contributed by atoms with E-state index < -0.39 is 0 Å². The molecular formula is C43H35N5O. The molecule has 0 fully saturated rings. The van der Waals surface area contributed by atoms with Crippen LogP contribution in [0.25, 0.3) is 38.4 Å². The van der Waals surface area contributed by atoms with Gasteiger partial charge in [-0.1, -0.05) is 81.4 Å². The fourth-order valence-electron chi connectivity index (χ4n) is 7.10. The van der Waals surface area contributed by atoms with E-state index in [-0.39, 0.29) is 5.41 Å². The minimum absolute atomic E-state index is 0.00796. The van der Waals surface area contributed by atoms with E-state index in [4.69, 9.17) is 9.72 Å². The zero-order valence-electron chi connectivity index (χ0n) is 27.7. The monoisotopic (exact) mass is 637 g/mol. The number of aromatic nitrogens is 3. The third kappa shape index (κ3) is 4.95. The molecule has 1 aliphatic rings. The minimum atomic E-state index is 0.00796. The van der Waals surface area contributed by atoms with Gasteiger partial charge in [-0.25, -0.2) is 4.98 Å². The Morgan fingerprint density at radius 3 is 2.27 bits per heavy atom. The van der Waals surface area contributed by atoms with Crippen LogP contribution in [0.3, 0.4) is 0 Å². The quantitative estimate of drug-likeness (QED) is 0.188. The summed E-state index contributed by atoms with van der Waals surface area (Å²) in [7, 11) is 0. The highest BCUT2D eigenvalue weighted by Crippen LogP contribution is 2.46. The van der Waals surface area contributed by atoms with E-state index in [1.807, 2.05) is 24.7 Å². The van der Waals surface area contributed by atoms with Crippen LogP contribution in [0.1, 0.15) is 26.3 Å². The van der Waals surface area contributed by atoms with E-state index in [2.05, 4.69) is 161 Å². The summed E-state index contributed by atoms with van der Waals surface area (Å²) in [4.78, 5) is 14.0. The normalized spacial score (nSPS) is 13.0. The predicted octanol–water partition coefficient (Wildman–Crippen LogP) is 11.1. The number of para-hydroxylation sites is 1. The highest BCUT2D eigenvalue weighted by atomic mass is 16.5. The van der Waals surface area contributed by atoms with Gasteiger partial charge >= 0.3 is 0 Å². The molecule has 5 aromatic carbocycles. The van der Waals surface area contributed by atoms with Crippen LogP contribution in [0, 0.1) is 0 Å². The van der Waals surface area contributed by atoms with Crippen LogP contribution in [0.4, 0.5) is 22.7 Å². The zero-order valence-corrected chi connectivity index (χ0v) is 27.7. The maximum Gasteiger partial charge on any atom is 0.137 e. The Hall–Kier alpha value is -6.14. The Kier molecular flexibility index (Phi) is 6.66. The van der Waals surface area contributed by atoms with Crippen molar-refractivity contribution < 1.29 is 4.74 Å². The van der Waals surface area contributed by atoms with Crippen LogP contribution in [-0.4, -0.2) is 21.2 Å². The molecule has 6 heteroatoms. The van der Waals surface area contributed by atoms with E-state index in [0.717, 1.165) is 56.5 Å². The predicted molar refractivity (Wildman–Crippen MR) is 201 cm³/mol. The fourth-order valence-corrected chi connectivity index (χ4v) is 7.10. The molecule has 6 nitrogen and oxygen atoms in total. The van der Waals surface area contributed by atoms with Gasteiger partial charge in [0, 0.05) is 46.4 Å². The number of benzene rings is 5. The summed E-state index contributed by atoms with van der Waals surface area (Å²) in [6.07, 6.45) is 5.73. The Morgan fingerprint density at radius 2 is 1.37 bits per heavy atom. The van der Waals surface area contributed by atoms with Crippen molar-refractivity contribution >= 4 is 55.3 Å². The first-order valence-corrected chi connectivity index (χ1v) is 16.7. The fraction of sp³-hybridized carbons (Fsp3) is 0.116. The largest absolute Gasteiger partial charge is 0.457 e. The Balaban J connectivity index is 1.08. The molecule has 0 amide bonds. The van der Waals surface area contributed by atoms with Gasteiger partial charge in [-0.2, -0.15) is 0 Å². The van der Waals surface area contributed by atoms with Crippen molar-refractivity contribution in [3.63, 3.8) is 0 Å². The molecule has 0 saturated heterocycles. The molecule has 9 rings (SSSR count). The Labute approximate surface area is 285 Å². The lowest BCUT2D eigenvalue weighted by Gasteiger charge is -2.23. The van der Waals surface area contributed by atoms with Gasteiger partial charge in [0.05, 0.1) is 34.3 Å². The second-order valence-electron chi connectivity index (χ2n) is 13.6. The lowest BCUT2D eigenvalue weighted by molar-refractivity contribution is 0.483. The molecule has 0 N–H and O–H groups in total. The number of anilines is 4. The minimum Gasteiger partial charge on any atom is -0.457 e. The first-order valence-electron chi connectivity index (χ1n) is 16.7. The summed E-state index contributed by atoms with van der Waals surface area (Å²) in [5.41, 5.74) is 7.82. The second-order valence-corrected chi connectivity index (χ2v) is 13.6. The van der Waals surface area contributed by atoms with Gasteiger partial charge in [0.15, 0.2) is 0 Å². The van der Waals surface area contributed by atoms with Crippen molar-refractivity contribution in [1.82, 2.24) is 14.5 Å². The van der Waals surface area contributed by atoms with Crippen molar-refractivity contribution in [3.05, 3.63) is 152 Å². The summed E-state index contributed by atoms with van der Waals surface area (Å²) >= 11 is 0. The van der Waals surface area contributed by atoms with Gasteiger partial charge in [0.1, 0.15) is 24.0 Å². The van der Waals surface area contributed by atoms with Crippen molar-refractivity contribution in [3.8, 4) is 17.3 Å². The number of ether oxygens (including phenoxy) is 1. The summed E-state index contributed by atoms with van der Waals surface area (Å²) in [6, 6.07) is 44.6. The van der Waals surface area contributed by atoms with Crippen LogP contribution < -0.4 is 14.5 Å². The molecule has 0 atom stereocenters. The lowest BCUT2D eigenvalue weighted by atomic mass is 9.88. The molecule has 0 spiro atoms. The van der Waals surface area contributed by atoms with Crippen LogP contribution in [-0.2, 0) is 5.41 Å². The topological polar surface area (TPSA) is 46.4 Å².